The Labute approximate surface area is 133 Å². The Hall–Kier alpha value is -1.03. The fourth-order valence-corrected chi connectivity index (χ4v) is 2.64. The highest BCUT2D eigenvalue weighted by Gasteiger charge is 2.17. The zero-order valence-electron chi connectivity index (χ0n) is 11.5. The summed E-state index contributed by atoms with van der Waals surface area (Å²) >= 11 is 9.62. The number of rotatable bonds is 5. The maximum Gasteiger partial charge on any atom is 0.124 e. The van der Waals surface area contributed by atoms with Gasteiger partial charge in [-0.3, -0.25) is 0 Å². The van der Waals surface area contributed by atoms with Crippen molar-refractivity contribution in [2.45, 2.75) is 13.0 Å². The molecule has 1 atom stereocenters. The van der Waals surface area contributed by atoms with E-state index >= 15 is 0 Å². The van der Waals surface area contributed by atoms with Gasteiger partial charge in [0.05, 0.1) is 17.7 Å². The lowest BCUT2D eigenvalue weighted by Gasteiger charge is -2.20. The van der Waals surface area contributed by atoms with Crippen molar-refractivity contribution in [3.05, 3.63) is 63.1 Å². The first-order chi connectivity index (χ1) is 9.67. The maximum atomic E-state index is 6.20. The third-order valence-electron chi connectivity index (χ3n) is 3.10. The number of hydrogen-bond acceptors (Lipinski definition) is 2. The van der Waals surface area contributed by atoms with Crippen LogP contribution in [0.4, 0.5) is 0 Å². The van der Waals surface area contributed by atoms with Gasteiger partial charge in [-0.25, -0.2) is 0 Å². The van der Waals surface area contributed by atoms with Gasteiger partial charge >= 0.3 is 0 Å². The summed E-state index contributed by atoms with van der Waals surface area (Å²) in [6, 6.07) is 14.1. The quantitative estimate of drug-likeness (QED) is 0.832. The van der Waals surface area contributed by atoms with Crippen molar-refractivity contribution in [2.75, 3.05) is 13.7 Å². The third-order valence-corrected chi connectivity index (χ3v) is 4.33. The van der Waals surface area contributed by atoms with E-state index in [4.69, 9.17) is 16.3 Å². The minimum absolute atomic E-state index is 0.0448. The molecule has 0 aromatic heterocycles. The zero-order chi connectivity index (χ0) is 14.5. The fourth-order valence-electron chi connectivity index (χ4n) is 2.20. The summed E-state index contributed by atoms with van der Waals surface area (Å²) in [5.41, 5.74) is 2.21. The van der Waals surface area contributed by atoms with Crippen molar-refractivity contribution < 1.29 is 4.74 Å². The van der Waals surface area contributed by atoms with Gasteiger partial charge in [-0.05, 0) is 53.7 Å². The first-order valence-electron chi connectivity index (χ1n) is 6.51. The standard InChI is InChI=1S/C16H17BrClNO/c1-3-20-15-7-5-4-6-12(15)16(19-2)11-8-9-13(17)14(18)10-11/h4-10,16,19H,3H2,1-2H3. The first kappa shape index (κ1) is 15.4. The summed E-state index contributed by atoms with van der Waals surface area (Å²) in [4.78, 5) is 0. The minimum Gasteiger partial charge on any atom is -0.494 e. The molecule has 0 aliphatic heterocycles. The topological polar surface area (TPSA) is 21.3 Å². The summed E-state index contributed by atoms with van der Waals surface area (Å²) < 4.78 is 6.61. The lowest BCUT2D eigenvalue weighted by molar-refractivity contribution is 0.334. The van der Waals surface area contributed by atoms with Gasteiger partial charge in [0.1, 0.15) is 5.75 Å². The minimum atomic E-state index is 0.0448. The van der Waals surface area contributed by atoms with Crippen molar-refractivity contribution in [1.82, 2.24) is 5.32 Å². The van der Waals surface area contributed by atoms with Crippen molar-refractivity contribution in [2.24, 2.45) is 0 Å². The number of nitrogens with one attached hydrogen (secondary N) is 1. The van der Waals surface area contributed by atoms with Gasteiger partial charge in [0.2, 0.25) is 0 Å². The summed E-state index contributed by atoms with van der Waals surface area (Å²) in [5.74, 6) is 0.897. The molecule has 0 amide bonds. The molecule has 106 valence electrons. The molecule has 2 aromatic carbocycles. The number of hydrogen-bond donors (Lipinski definition) is 1. The first-order valence-corrected chi connectivity index (χ1v) is 7.68. The molecule has 0 saturated heterocycles. The molecule has 4 heteroatoms. The molecule has 0 heterocycles. The number of para-hydroxylation sites is 1. The Morgan fingerprint density at radius 2 is 2.00 bits per heavy atom. The van der Waals surface area contributed by atoms with Gasteiger partial charge in [-0.15, -0.1) is 0 Å². The molecule has 1 N–H and O–H groups in total. The van der Waals surface area contributed by atoms with Crippen LogP contribution in [0.2, 0.25) is 5.02 Å². The number of halogens is 2. The highest BCUT2D eigenvalue weighted by molar-refractivity contribution is 9.10. The van der Waals surface area contributed by atoms with E-state index in [0.29, 0.717) is 11.6 Å². The van der Waals surface area contributed by atoms with Crippen molar-refractivity contribution in [1.29, 1.82) is 0 Å². The van der Waals surface area contributed by atoms with Gasteiger partial charge in [0.25, 0.3) is 0 Å². The summed E-state index contributed by atoms with van der Waals surface area (Å²) in [6.07, 6.45) is 0. The van der Waals surface area contributed by atoms with Gasteiger partial charge in [0.15, 0.2) is 0 Å². The van der Waals surface area contributed by atoms with Crippen molar-refractivity contribution in [3.63, 3.8) is 0 Å². The van der Waals surface area contributed by atoms with Gasteiger partial charge in [-0.2, -0.15) is 0 Å². The predicted molar refractivity (Wildman–Crippen MR) is 87.7 cm³/mol. The molecule has 20 heavy (non-hydrogen) atoms. The van der Waals surface area contributed by atoms with E-state index in [1.165, 1.54) is 0 Å². The Balaban J connectivity index is 2.44. The van der Waals surface area contributed by atoms with Crippen LogP contribution >= 0.6 is 27.5 Å². The van der Waals surface area contributed by atoms with E-state index < -0.39 is 0 Å². The van der Waals surface area contributed by atoms with Crippen LogP contribution in [-0.4, -0.2) is 13.7 Å². The molecule has 0 bridgehead atoms. The largest absolute Gasteiger partial charge is 0.494 e. The second kappa shape index (κ2) is 7.11. The molecule has 2 rings (SSSR count). The van der Waals surface area contributed by atoms with Crippen LogP contribution in [0.5, 0.6) is 5.75 Å². The molecule has 0 aliphatic rings. The second-order valence-electron chi connectivity index (χ2n) is 4.37. The Bertz CT molecular complexity index is 588. The Morgan fingerprint density at radius 3 is 2.65 bits per heavy atom. The average Bonchev–Trinajstić information content (AvgIpc) is 2.45. The Morgan fingerprint density at radius 1 is 1.25 bits per heavy atom. The summed E-state index contributed by atoms with van der Waals surface area (Å²) in [7, 11) is 1.93. The molecule has 1 unspecified atom stereocenters. The van der Waals surface area contributed by atoms with Crippen LogP contribution in [0.1, 0.15) is 24.1 Å². The van der Waals surface area contributed by atoms with Crippen LogP contribution in [0.3, 0.4) is 0 Å². The second-order valence-corrected chi connectivity index (χ2v) is 5.63. The lowest BCUT2D eigenvalue weighted by Crippen LogP contribution is -2.18. The molecule has 2 aromatic rings. The van der Waals surface area contributed by atoms with Gasteiger partial charge in [-0.1, -0.05) is 35.9 Å². The molecule has 0 fully saturated rings. The van der Waals surface area contributed by atoms with Crippen LogP contribution in [0, 0.1) is 0 Å². The normalized spacial score (nSPS) is 12.2. The monoisotopic (exact) mass is 353 g/mol. The molecule has 0 radical (unpaired) electrons. The average molecular weight is 355 g/mol. The summed E-state index contributed by atoms with van der Waals surface area (Å²) in [5, 5.41) is 4.03. The molecule has 0 aliphatic carbocycles. The molecular formula is C16H17BrClNO. The van der Waals surface area contributed by atoms with E-state index in [-0.39, 0.29) is 6.04 Å². The van der Waals surface area contributed by atoms with Crippen LogP contribution in [0.15, 0.2) is 46.9 Å². The summed E-state index contributed by atoms with van der Waals surface area (Å²) in [6.45, 7) is 2.64. The van der Waals surface area contributed by atoms with Crippen molar-refractivity contribution >= 4 is 27.5 Å². The maximum absolute atomic E-state index is 6.20. The Kier molecular flexibility index (Phi) is 5.46. The highest BCUT2D eigenvalue weighted by Crippen LogP contribution is 2.33. The smallest absolute Gasteiger partial charge is 0.124 e. The van der Waals surface area contributed by atoms with Crippen LogP contribution in [-0.2, 0) is 0 Å². The third kappa shape index (κ3) is 3.35. The molecule has 0 spiro atoms. The predicted octanol–water partition coefficient (Wildman–Crippen LogP) is 4.81. The number of benzene rings is 2. The molecule has 0 saturated carbocycles. The van der Waals surface area contributed by atoms with Gasteiger partial charge < -0.3 is 10.1 Å². The van der Waals surface area contributed by atoms with Gasteiger partial charge in [0, 0.05) is 10.0 Å². The molecule has 2 nitrogen and oxygen atoms in total. The fraction of sp³-hybridized carbons (Fsp3) is 0.250. The van der Waals surface area contributed by atoms with Crippen LogP contribution in [0.25, 0.3) is 0 Å². The van der Waals surface area contributed by atoms with Crippen molar-refractivity contribution in [3.8, 4) is 5.75 Å². The molecular weight excluding hydrogens is 338 g/mol. The van der Waals surface area contributed by atoms with E-state index in [1.807, 2.05) is 44.3 Å². The van der Waals surface area contributed by atoms with Crippen LogP contribution < -0.4 is 10.1 Å². The highest BCUT2D eigenvalue weighted by atomic mass is 79.9. The van der Waals surface area contributed by atoms with E-state index in [2.05, 4.69) is 33.4 Å². The SMILES string of the molecule is CCOc1ccccc1C(NC)c1ccc(Br)c(Cl)c1. The zero-order valence-corrected chi connectivity index (χ0v) is 13.8. The van der Waals surface area contributed by atoms with E-state index in [1.54, 1.807) is 0 Å². The number of ether oxygens (including phenoxy) is 1. The lowest BCUT2D eigenvalue weighted by atomic mass is 9.98. The van der Waals surface area contributed by atoms with E-state index in [9.17, 15) is 0 Å². The van der Waals surface area contributed by atoms with E-state index in [0.717, 1.165) is 21.3 Å².